The van der Waals surface area contributed by atoms with Gasteiger partial charge in [-0.1, -0.05) is 22.9 Å². The minimum Gasteiger partial charge on any atom is -0.443 e. The Morgan fingerprint density at radius 2 is 2.15 bits per heavy atom. The third-order valence-corrected chi connectivity index (χ3v) is 6.73. The van der Waals surface area contributed by atoms with E-state index in [1.54, 1.807) is 12.5 Å². The minimum absolute atomic E-state index is 0.0329. The number of halogens is 1. The topological polar surface area (TPSA) is 127 Å². The maximum Gasteiger partial charge on any atom is 0.245 e. The molecule has 172 valence electrons. The van der Waals surface area contributed by atoms with Gasteiger partial charge in [0.05, 0.1) is 53.1 Å². The number of hydrogen-bond donors (Lipinski definition) is 3. The standard InChI is InChI=1S/C22H19ClN8O2S/c1-11-9-33-20(26-11)17-7-12(6-16(27-17)18-10-32-5-4-24-18)21-30-31-22(34-21)28-15-3-2-14-13(19(15)23)8-25-29-14/h2-3,6-9,18,24H,4-5,10H2,1H3,(H,25,29)(H,28,31). The van der Waals surface area contributed by atoms with Gasteiger partial charge < -0.3 is 19.8 Å². The molecule has 0 radical (unpaired) electrons. The Kier molecular flexibility index (Phi) is 5.46. The summed E-state index contributed by atoms with van der Waals surface area (Å²) in [6.07, 6.45) is 3.31. The first kappa shape index (κ1) is 21.2. The van der Waals surface area contributed by atoms with Crippen LogP contribution in [-0.4, -0.2) is 50.1 Å². The van der Waals surface area contributed by atoms with Crippen molar-refractivity contribution in [3.8, 4) is 22.2 Å². The van der Waals surface area contributed by atoms with Crippen LogP contribution >= 0.6 is 22.9 Å². The highest BCUT2D eigenvalue weighted by Gasteiger charge is 2.21. The minimum atomic E-state index is -0.0329. The highest BCUT2D eigenvalue weighted by atomic mass is 35.5. The number of morpholine rings is 1. The van der Waals surface area contributed by atoms with Gasteiger partial charge in [-0.3, -0.25) is 5.10 Å². The molecule has 12 heteroatoms. The Hall–Kier alpha value is -3.38. The number of aryl methyl sites for hydroxylation is 1. The Morgan fingerprint density at radius 1 is 1.21 bits per heavy atom. The number of pyridine rings is 1. The lowest BCUT2D eigenvalue weighted by Gasteiger charge is -2.23. The van der Waals surface area contributed by atoms with E-state index in [1.807, 2.05) is 31.2 Å². The van der Waals surface area contributed by atoms with Crippen LogP contribution in [0.15, 0.2) is 41.1 Å². The second kappa shape index (κ2) is 8.76. The van der Waals surface area contributed by atoms with Crippen LogP contribution in [0.2, 0.25) is 5.02 Å². The van der Waals surface area contributed by atoms with Crippen LogP contribution in [0.1, 0.15) is 17.4 Å². The fraction of sp³-hybridized carbons (Fsp3) is 0.227. The molecule has 0 bridgehead atoms. The molecule has 1 unspecified atom stereocenters. The fourth-order valence-corrected chi connectivity index (χ4v) is 4.78. The van der Waals surface area contributed by atoms with Crippen molar-refractivity contribution in [3.05, 3.63) is 53.1 Å². The quantitative estimate of drug-likeness (QED) is 0.323. The summed E-state index contributed by atoms with van der Waals surface area (Å²) in [7, 11) is 0. The number of benzene rings is 1. The van der Waals surface area contributed by atoms with Crippen LogP contribution < -0.4 is 10.6 Å². The zero-order chi connectivity index (χ0) is 23.1. The van der Waals surface area contributed by atoms with Gasteiger partial charge in [-0.25, -0.2) is 9.97 Å². The lowest BCUT2D eigenvalue weighted by Crippen LogP contribution is -2.35. The number of H-pyrrole nitrogens is 1. The molecule has 10 nitrogen and oxygen atoms in total. The highest BCUT2D eigenvalue weighted by Crippen LogP contribution is 2.35. The van der Waals surface area contributed by atoms with E-state index in [0.29, 0.717) is 35.0 Å². The van der Waals surface area contributed by atoms with E-state index >= 15 is 0 Å². The predicted molar refractivity (Wildman–Crippen MR) is 129 cm³/mol. The van der Waals surface area contributed by atoms with Crippen molar-refractivity contribution in [3.63, 3.8) is 0 Å². The summed E-state index contributed by atoms with van der Waals surface area (Å²) in [6, 6.07) is 7.67. The summed E-state index contributed by atoms with van der Waals surface area (Å²) in [5, 5.41) is 25.1. The maximum absolute atomic E-state index is 6.54. The number of rotatable bonds is 5. The number of oxazole rings is 1. The summed E-state index contributed by atoms with van der Waals surface area (Å²) in [4.78, 5) is 9.24. The summed E-state index contributed by atoms with van der Waals surface area (Å²) in [5.74, 6) is 0.459. The predicted octanol–water partition coefficient (Wildman–Crippen LogP) is 4.50. The van der Waals surface area contributed by atoms with Crippen LogP contribution in [0, 0.1) is 6.92 Å². The largest absolute Gasteiger partial charge is 0.443 e. The van der Waals surface area contributed by atoms with Crippen molar-refractivity contribution in [2.45, 2.75) is 13.0 Å². The number of anilines is 2. The number of nitrogens with one attached hydrogen (secondary N) is 3. The lowest BCUT2D eigenvalue weighted by molar-refractivity contribution is 0.0756. The molecule has 1 aliphatic rings. The van der Waals surface area contributed by atoms with Crippen molar-refractivity contribution in [2.24, 2.45) is 0 Å². The molecule has 1 aromatic carbocycles. The van der Waals surface area contributed by atoms with Gasteiger partial charge in [0.25, 0.3) is 0 Å². The summed E-state index contributed by atoms with van der Waals surface area (Å²) in [5.41, 5.74) is 4.72. The monoisotopic (exact) mass is 494 g/mol. The first-order chi connectivity index (χ1) is 16.6. The van der Waals surface area contributed by atoms with E-state index in [2.05, 4.69) is 36.0 Å². The third kappa shape index (κ3) is 4.03. The zero-order valence-corrected chi connectivity index (χ0v) is 19.6. The summed E-state index contributed by atoms with van der Waals surface area (Å²) in [6.45, 7) is 3.86. The van der Waals surface area contributed by atoms with E-state index < -0.39 is 0 Å². The second-order valence-electron chi connectivity index (χ2n) is 7.84. The van der Waals surface area contributed by atoms with Gasteiger partial charge in [0.1, 0.15) is 17.0 Å². The lowest BCUT2D eigenvalue weighted by atomic mass is 10.1. The molecule has 5 heterocycles. The average Bonchev–Trinajstić information content (AvgIpc) is 3.62. The van der Waals surface area contributed by atoms with Gasteiger partial charge in [0.15, 0.2) is 0 Å². The van der Waals surface area contributed by atoms with E-state index in [4.69, 9.17) is 25.7 Å². The Morgan fingerprint density at radius 3 is 2.97 bits per heavy atom. The van der Waals surface area contributed by atoms with E-state index in [-0.39, 0.29) is 6.04 Å². The molecule has 0 saturated carbocycles. The van der Waals surface area contributed by atoms with Gasteiger partial charge in [-0.05, 0) is 31.2 Å². The molecule has 0 aliphatic carbocycles. The van der Waals surface area contributed by atoms with Gasteiger partial charge >= 0.3 is 0 Å². The van der Waals surface area contributed by atoms with Crippen molar-refractivity contribution >= 4 is 44.7 Å². The maximum atomic E-state index is 6.54. The zero-order valence-electron chi connectivity index (χ0n) is 18.0. The number of aromatic nitrogens is 6. The van der Waals surface area contributed by atoms with E-state index in [9.17, 15) is 0 Å². The van der Waals surface area contributed by atoms with Crippen molar-refractivity contribution < 1.29 is 9.15 Å². The molecule has 0 spiro atoms. The molecule has 34 heavy (non-hydrogen) atoms. The van der Waals surface area contributed by atoms with Crippen molar-refractivity contribution in [2.75, 3.05) is 25.1 Å². The van der Waals surface area contributed by atoms with Crippen LogP contribution in [-0.2, 0) is 4.74 Å². The molecule has 1 fully saturated rings. The molecule has 5 aromatic rings. The van der Waals surface area contributed by atoms with E-state index in [0.717, 1.165) is 45.1 Å². The molecule has 3 N–H and O–H groups in total. The number of hydrogen-bond acceptors (Lipinski definition) is 10. The van der Waals surface area contributed by atoms with Crippen LogP contribution in [0.5, 0.6) is 0 Å². The molecule has 4 aromatic heterocycles. The smallest absolute Gasteiger partial charge is 0.245 e. The van der Waals surface area contributed by atoms with Crippen molar-refractivity contribution in [1.29, 1.82) is 0 Å². The number of fused-ring (bicyclic) bond motifs is 1. The Labute approximate surface area is 202 Å². The number of aromatic amines is 1. The first-order valence-electron chi connectivity index (χ1n) is 10.6. The number of nitrogens with zero attached hydrogens (tertiary/aromatic N) is 5. The van der Waals surface area contributed by atoms with Crippen LogP contribution in [0.25, 0.3) is 33.1 Å². The number of ether oxygens (including phenoxy) is 1. The fourth-order valence-electron chi connectivity index (χ4n) is 3.78. The molecule has 1 atom stereocenters. The first-order valence-corrected chi connectivity index (χ1v) is 11.8. The molecular formula is C22H19ClN8O2S. The SMILES string of the molecule is Cc1coc(-c2cc(-c3nnc(Nc4ccc5[nH]ncc5c4Cl)s3)cc(C3COCCN3)n2)n1. The van der Waals surface area contributed by atoms with Crippen LogP contribution in [0.4, 0.5) is 10.8 Å². The van der Waals surface area contributed by atoms with Crippen LogP contribution in [0.3, 0.4) is 0 Å². The van der Waals surface area contributed by atoms with Gasteiger partial charge in [0.2, 0.25) is 11.0 Å². The summed E-state index contributed by atoms with van der Waals surface area (Å²) < 4.78 is 11.3. The van der Waals surface area contributed by atoms with E-state index in [1.165, 1.54) is 11.3 Å². The second-order valence-corrected chi connectivity index (χ2v) is 9.19. The molecule has 1 saturated heterocycles. The molecular weight excluding hydrogens is 476 g/mol. The average molecular weight is 495 g/mol. The third-order valence-electron chi connectivity index (χ3n) is 5.43. The normalized spacial score (nSPS) is 16.2. The summed E-state index contributed by atoms with van der Waals surface area (Å²) >= 11 is 7.96. The Balaban J connectivity index is 1.35. The van der Waals surface area contributed by atoms with Gasteiger partial charge in [0, 0.05) is 17.5 Å². The molecule has 0 amide bonds. The van der Waals surface area contributed by atoms with Crippen molar-refractivity contribution in [1.82, 2.24) is 35.7 Å². The van der Waals surface area contributed by atoms with Gasteiger partial charge in [-0.15, -0.1) is 10.2 Å². The molecule has 1 aliphatic heterocycles. The highest BCUT2D eigenvalue weighted by molar-refractivity contribution is 7.18. The Bertz CT molecular complexity index is 1470. The molecule has 6 rings (SSSR count). The van der Waals surface area contributed by atoms with Gasteiger partial charge in [-0.2, -0.15) is 5.10 Å².